The summed E-state index contributed by atoms with van der Waals surface area (Å²) >= 11 is 0. The van der Waals surface area contributed by atoms with E-state index in [1.165, 1.54) is 26.3 Å². The topological polar surface area (TPSA) is 96.0 Å². The highest BCUT2D eigenvalue weighted by Gasteiger charge is 2.23. The average molecular weight is 529 g/mol. The first-order valence-electron chi connectivity index (χ1n) is 12.7. The van der Waals surface area contributed by atoms with Gasteiger partial charge in [-0.3, -0.25) is 9.30 Å². The molecule has 0 aliphatic carbocycles. The van der Waals surface area contributed by atoms with Crippen LogP contribution in [-0.4, -0.2) is 66.3 Å². The molecular weight excluding hydrogens is 499 g/mol. The molecule has 1 amide bonds. The third kappa shape index (κ3) is 5.26. The molecule has 1 saturated heterocycles. The highest BCUT2D eigenvalue weighted by Crippen LogP contribution is 2.37. The number of likely N-dealkylation sites (tertiary alicyclic amines) is 1. The molecule has 1 fully saturated rings. The van der Waals surface area contributed by atoms with Gasteiger partial charge in [-0.1, -0.05) is 18.2 Å². The zero-order valence-electron chi connectivity index (χ0n) is 22.1. The van der Waals surface area contributed by atoms with Crippen molar-refractivity contribution >= 4 is 17.3 Å². The Morgan fingerprint density at radius 3 is 2.69 bits per heavy atom. The minimum absolute atomic E-state index is 0.0813. The largest absolute Gasteiger partial charge is 0.476 e. The molecule has 3 heterocycles. The maximum Gasteiger partial charge on any atom is 0.413 e. The molecule has 5 rings (SSSR count). The standard InChI is InChI=1S/C29H29FN6O3/c1-34-12-4-5-20(16-34)17-39-28-25-15-32-18-36(25)27(26(33-28)21-8-6-19(14-31)7-9-21)22-10-11-24(23(30)13-22)35(2)29(37)38-3/h6-11,13,15,18,20H,4-5,12,16-17H2,1-3H3/t20-/m1/s1. The summed E-state index contributed by atoms with van der Waals surface area (Å²) < 4.78 is 28.2. The fourth-order valence-corrected chi connectivity index (χ4v) is 5.01. The van der Waals surface area contributed by atoms with Gasteiger partial charge in [0.25, 0.3) is 0 Å². The second-order valence-electron chi connectivity index (χ2n) is 9.73. The van der Waals surface area contributed by atoms with Crippen molar-refractivity contribution in [1.82, 2.24) is 19.3 Å². The third-order valence-electron chi connectivity index (χ3n) is 7.03. The zero-order valence-corrected chi connectivity index (χ0v) is 22.1. The lowest BCUT2D eigenvalue weighted by Gasteiger charge is -2.29. The van der Waals surface area contributed by atoms with Crippen LogP contribution in [0.1, 0.15) is 18.4 Å². The summed E-state index contributed by atoms with van der Waals surface area (Å²) in [5.41, 5.74) is 3.67. The molecule has 0 unspecified atom stereocenters. The van der Waals surface area contributed by atoms with E-state index in [1.54, 1.807) is 30.7 Å². The summed E-state index contributed by atoms with van der Waals surface area (Å²) in [6.45, 7) is 2.57. The number of aromatic nitrogens is 3. The number of piperidine rings is 1. The van der Waals surface area contributed by atoms with Crippen LogP contribution in [0.2, 0.25) is 0 Å². The number of amides is 1. The molecule has 0 saturated carbocycles. The number of carbonyl (C=O) groups excluding carboxylic acids is 1. The molecule has 0 radical (unpaired) electrons. The Hall–Kier alpha value is -4.49. The number of fused-ring (bicyclic) bond motifs is 1. The van der Waals surface area contributed by atoms with Gasteiger partial charge in [0.1, 0.15) is 11.3 Å². The van der Waals surface area contributed by atoms with E-state index in [1.807, 2.05) is 16.5 Å². The fraction of sp³-hybridized carbons (Fsp3) is 0.310. The average Bonchev–Trinajstić information content (AvgIpc) is 3.45. The molecule has 1 aliphatic heterocycles. The van der Waals surface area contributed by atoms with Crippen molar-refractivity contribution in [1.29, 1.82) is 5.26 Å². The predicted octanol–water partition coefficient (Wildman–Crippen LogP) is 5.00. The predicted molar refractivity (Wildman–Crippen MR) is 145 cm³/mol. The Labute approximate surface area is 226 Å². The van der Waals surface area contributed by atoms with Crippen molar-refractivity contribution in [3.8, 4) is 34.5 Å². The first kappa shape index (κ1) is 26.1. The zero-order chi connectivity index (χ0) is 27.5. The lowest BCUT2D eigenvalue weighted by molar-refractivity contribution is 0.148. The van der Waals surface area contributed by atoms with Gasteiger partial charge in [-0.2, -0.15) is 5.26 Å². The first-order valence-corrected chi connectivity index (χ1v) is 12.7. The lowest BCUT2D eigenvalue weighted by atomic mass is 10.00. The molecule has 39 heavy (non-hydrogen) atoms. The summed E-state index contributed by atoms with van der Waals surface area (Å²) in [7, 11) is 4.80. The number of nitrogens with zero attached hydrogens (tertiary/aromatic N) is 6. The normalized spacial score (nSPS) is 15.6. The quantitative estimate of drug-likeness (QED) is 0.348. The smallest absolute Gasteiger partial charge is 0.413 e. The molecule has 4 aromatic rings. The summed E-state index contributed by atoms with van der Waals surface area (Å²) in [6, 6.07) is 13.8. The number of hydrogen-bond donors (Lipinski definition) is 0. The number of halogens is 1. The summed E-state index contributed by atoms with van der Waals surface area (Å²) in [4.78, 5) is 24.6. The van der Waals surface area contributed by atoms with E-state index in [2.05, 4.69) is 23.0 Å². The number of nitriles is 1. The highest BCUT2D eigenvalue weighted by atomic mass is 19.1. The van der Waals surface area contributed by atoms with Gasteiger partial charge in [0.2, 0.25) is 5.88 Å². The van der Waals surface area contributed by atoms with Gasteiger partial charge < -0.3 is 14.4 Å². The number of benzene rings is 2. The van der Waals surface area contributed by atoms with Crippen LogP contribution in [0.5, 0.6) is 5.88 Å². The molecule has 0 spiro atoms. The Morgan fingerprint density at radius 2 is 2.00 bits per heavy atom. The van der Waals surface area contributed by atoms with E-state index in [0.29, 0.717) is 46.4 Å². The van der Waals surface area contributed by atoms with E-state index < -0.39 is 11.9 Å². The van der Waals surface area contributed by atoms with Gasteiger partial charge in [0, 0.05) is 30.6 Å². The first-order chi connectivity index (χ1) is 18.9. The minimum atomic E-state index is -0.677. The SMILES string of the molecule is COC(=O)N(C)c1ccc(-c2c(-c3ccc(C#N)cc3)nc(OC[C@@H]3CCCN(C)C3)c3cncn23)cc1F. The number of imidazole rings is 1. The van der Waals surface area contributed by atoms with Gasteiger partial charge in [0.05, 0.1) is 54.9 Å². The van der Waals surface area contributed by atoms with Gasteiger partial charge >= 0.3 is 6.09 Å². The van der Waals surface area contributed by atoms with Crippen LogP contribution in [0, 0.1) is 23.1 Å². The van der Waals surface area contributed by atoms with Crippen molar-refractivity contribution in [3.05, 3.63) is 66.4 Å². The number of ether oxygens (including phenoxy) is 2. The molecule has 1 atom stereocenters. The van der Waals surface area contributed by atoms with Crippen LogP contribution in [0.4, 0.5) is 14.9 Å². The van der Waals surface area contributed by atoms with E-state index in [4.69, 9.17) is 14.5 Å². The van der Waals surface area contributed by atoms with Gasteiger partial charge in [0.15, 0.2) is 0 Å². The van der Waals surface area contributed by atoms with Crippen LogP contribution in [-0.2, 0) is 4.74 Å². The third-order valence-corrected chi connectivity index (χ3v) is 7.03. The monoisotopic (exact) mass is 528 g/mol. The van der Waals surface area contributed by atoms with Gasteiger partial charge in [-0.05, 0) is 50.7 Å². The summed E-state index contributed by atoms with van der Waals surface area (Å²) in [5.74, 6) is 0.229. The maximum absolute atomic E-state index is 15.3. The van der Waals surface area contributed by atoms with Crippen LogP contribution in [0.3, 0.4) is 0 Å². The van der Waals surface area contributed by atoms with Gasteiger partial charge in [-0.15, -0.1) is 0 Å². The molecule has 9 nitrogen and oxygen atoms in total. The molecule has 0 bridgehead atoms. The molecule has 1 aliphatic rings. The molecular formula is C29H29FN6O3. The van der Waals surface area contributed by atoms with Crippen molar-refractivity contribution in [3.63, 3.8) is 0 Å². The van der Waals surface area contributed by atoms with E-state index in [-0.39, 0.29) is 5.69 Å². The van der Waals surface area contributed by atoms with E-state index in [0.717, 1.165) is 36.4 Å². The molecule has 2 aromatic heterocycles. The van der Waals surface area contributed by atoms with Crippen molar-refractivity contribution < 1.29 is 18.7 Å². The second-order valence-corrected chi connectivity index (χ2v) is 9.73. The Bertz CT molecular complexity index is 1550. The number of methoxy groups -OCH3 is 1. The summed E-state index contributed by atoms with van der Waals surface area (Å²) in [6.07, 6.45) is 4.86. The maximum atomic E-state index is 15.3. The Morgan fingerprint density at radius 1 is 1.23 bits per heavy atom. The minimum Gasteiger partial charge on any atom is -0.476 e. The number of rotatable bonds is 6. The summed E-state index contributed by atoms with van der Waals surface area (Å²) in [5, 5.41) is 9.28. The van der Waals surface area contributed by atoms with E-state index >= 15 is 4.39 Å². The molecule has 0 N–H and O–H groups in total. The molecule has 2 aromatic carbocycles. The van der Waals surface area contributed by atoms with Crippen LogP contribution in [0.15, 0.2) is 55.0 Å². The van der Waals surface area contributed by atoms with Crippen molar-refractivity contribution in [2.45, 2.75) is 12.8 Å². The van der Waals surface area contributed by atoms with Crippen molar-refractivity contribution in [2.75, 3.05) is 45.8 Å². The van der Waals surface area contributed by atoms with Gasteiger partial charge in [-0.25, -0.2) is 19.2 Å². The van der Waals surface area contributed by atoms with E-state index in [9.17, 15) is 10.1 Å². The number of carbonyl (C=O) groups is 1. The number of hydrogen-bond acceptors (Lipinski definition) is 7. The second kappa shape index (κ2) is 11.1. The fourth-order valence-electron chi connectivity index (χ4n) is 5.01. The molecule has 200 valence electrons. The Balaban J connectivity index is 1.62. The van der Waals surface area contributed by atoms with Crippen LogP contribution >= 0.6 is 0 Å². The Kier molecular flexibility index (Phi) is 7.43. The lowest BCUT2D eigenvalue weighted by Crippen LogP contribution is -2.34. The van der Waals surface area contributed by atoms with Crippen LogP contribution < -0.4 is 9.64 Å². The van der Waals surface area contributed by atoms with Crippen LogP contribution in [0.25, 0.3) is 28.0 Å². The highest BCUT2D eigenvalue weighted by molar-refractivity contribution is 5.88. The van der Waals surface area contributed by atoms with Crippen molar-refractivity contribution in [2.24, 2.45) is 5.92 Å². The molecule has 10 heteroatoms. The number of anilines is 1.